The number of amides is 2. The highest BCUT2D eigenvalue weighted by atomic mass is 16.3. The molecule has 0 aromatic heterocycles. The van der Waals surface area contributed by atoms with Crippen LogP contribution in [-0.4, -0.2) is 65.0 Å². The summed E-state index contributed by atoms with van der Waals surface area (Å²) in [5.41, 5.74) is 5.85. The van der Waals surface area contributed by atoms with Gasteiger partial charge in [0.25, 0.3) is 0 Å². The van der Waals surface area contributed by atoms with E-state index in [1.807, 2.05) is 4.90 Å². The van der Waals surface area contributed by atoms with Gasteiger partial charge in [0, 0.05) is 32.6 Å². The molecule has 2 rings (SSSR count). The maximum Gasteiger partial charge on any atom is 0.242 e. The fraction of sp³-hybridized carbons (Fsp3) is 0.750. The lowest BCUT2D eigenvalue weighted by Crippen LogP contribution is -2.56. The van der Waals surface area contributed by atoms with E-state index >= 15 is 0 Å². The average Bonchev–Trinajstić information content (AvgIpc) is 2.51. The topological polar surface area (TPSA) is 86.9 Å². The monoisotopic (exact) mass is 309 g/mol. The standard InChI is InChI=1S/C16H27N3O3/c1-3-8-19-11-16(5-4-13(19)21)6-9-18(10-7-16)15(22)14(17)12(2)20/h3,12,14,20H,1,4-11,17H2,2H3. The van der Waals surface area contributed by atoms with Crippen LogP contribution in [0, 0.1) is 5.41 Å². The Morgan fingerprint density at radius 3 is 2.64 bits per heavy atom. The van der Waals surface area contributed by atoms with E-state index in [1.165, 1.54) is 6.92 Å². The normalized spacial score (nSPS) is 24.2. The lowest BCUT2D eigenvalue weighted by Gasteiger charge is -2.47. The Morgan fingerprint density at radius 1 is 1.45 bits per heavy atom. The van der Waals surface area contributed by atoms with E-state index in [0.717, 1.165) is 25.8 Å². The van der Waals surface area contributed by atoms with Crippen LogP contribution >= 0.6 is 0 Å². The van der Waals surface area contributed by atoms with Gasteiger partial charge in [-0.3, -0.25) is 9.59 Å². The molecule has 124 valence electrons. The summed E-state index contributed by atoms with van der Waals surface area (Å²) in [4.78, 5) is 27.7. The SMILES string of the molecule is C=CCN1CC2(CCC1=O)CCN(C(=O)C(N)C(C)O)CC2. The van der Waals surface area contributed by atoms with E-state index in [0.29, 0.717) is 26.1 Å². The number of aliphatic hydroxyl groups excluding tert-OH is 1. The molecule has 6 heteroatoms. The second-order valence-corrected chi connectivity index (χ2v) is 6.65. The second-order valence-electron chi connectivity index (χ2n) is 6.65. The van der Waals surface area contributed by atoms with Gasteiger partial charge in [0.15, 0.2) is 0 Å². The maximum atomic E-state index is 12.2. The highest BCUT2D eigenvalue weighted by Crippen LogP contribution is 2.40. The Kier molecular flexibility index (Phi) is 5.24. The van der Waals surface area contributed by atoms with Crippen LogP contribution in [0.1, 0.15) is 32.6 Å². The van der Waals surface area contributed by atoms with Gasteiger partial charge in [-0.2, -0.15) is 0 Å². The number of piperidine rings is 2. The first-order valence-corrected chi connectivity index (χ1v) is 8.00. The van der Waals surface area contributed by atoms with Crippen LogP contribution in [0.5, 0.6) is 0 Å². The molecule has 6 nitrogen and oxygen atoms in total. The Hall–Kier alpha value is -1.40. The van der Waals surface area contributed by atoms with E-state index in [9.17, 15) is 14.7 Å². The number of hydrogen-bond acceptors (Lipinski definition) is 4. The molecular weight excluding hydrogens is 282 g/mol. The van der Waals surface area contributed by atoms with Crippen LogP contribution in [0.3, 0.4) is 0 Å². The molecule has 2 heterocycles. The number of carbonyl (C=O) groups is 2. The summed E-state index contributed by atoms with van der Waals surface area (Å²) in [5.74, 6) is 0.0137. The molecule has 0 aromatic rings. The lowest BCUT2D eigenvalue weighted by atomic mass is 9.72. The molecule has 0 radical (unpaired) electrons. The van der Waals surface area contributed by atoms with E-state index in [-0.39, 0.29) is 17.2 Å². The maximum absolute atomic E-state index is 12.2. The third-order valence-corrected chi connectivity index (χ3v) is 5.04. The van der Waals surface area contributed by atoms with Crippen molar-refractivity contribution in [3.8, 4) is 0 Å². The highest BCUT2D eigenvalue weighted by molar-refractivity contribution is 5.82. The number of carbonyl (C=O) groups excluding carboxylic acids is 2. The average molecular weight is 309 g/mol. The number of aliphatic hydroxyl groups is 1. The summed E-state index contributed by atoms with van der Waals surface area (Å²) in [7, 11) is 0. The molecule has 22 heavy (non-hydrogen) atoms. The number of nitrogens with two attached hydrogens (primary N) is 1. The van der Waals surface area contributed by atoms with Gasteiger partial charge in [0.05, 0.1) is 6.10 Å². The van der Waals surface area contributed by atoms with Gasteiger partial charge < -0.3 is 20.6 Å². The molecule has 2 amide bonds. The number of nitrogens with zero attached hydrogens (tertiary/aromatic N) is 2. The first-order chi connectivity index (χ1) is 10.4. The van der Waals surface area contributed by atoms with Crippen LogP contribution < -0.4 is 5.73 Å². The molecule has 0 aromatic carbocycles. The minimum Gasteiger partial charge on any atom is -0.391 e. The van der Waals surface area contributed by atoms with Crippen molar-refractivity contribution in [2.45, 2.75) is 44.8 Å². The summed E-state index contributed by atoms with van der Waals surface area (Å²) in [5, 5.41) is 9.46. The molecule has 2 fully saturated rings. The summed E-state index contributed by atoms with van der Waals surface area (Å²) in [6.45, 7) is 7.89. The zero-order valence-corrected chi connectivity index (χ0v) is 13.3. The fourth-order valence-electron chi connectivity index (χ4n) is 3.45. The summed E-state index contributed by atoms with van der Waals surface area (Å²) < 4.78 is 0. The first-order valence-electron chi connectivity index (χ1n) is 8.00. The number of hydrogen-bond donors (Lipinski definition) is 2. The Bertz CT molecular complexity index is 442. The molecule has 2 saturated heterocycles. The Balaban J connectivity index is 1.95. The van der Waals surface area contributed by atoms with E-state index < -0.39 is 12.1 Å². The smallest absolute Gasteiger partial charge is 0.242 e. The van der Waals surface area contributed by atoms with Crippen molar-refractivity contribution in [2.24, 2.45) is 11.1 Å². The highest BCUT2D eigenvalue weighted by Gasteiger charge is 2.42. The molecule has 2 aliphatic rings. The van der Waals surface area contributed by atoms with Gasteiger partial charge in [-0.05, 0) is 31.6 Å². The fourth-order valence-corrected chi connectivity index (χ4v) is 3.45. The molecule has 0 saturated carbocycles. The Labute approximate surface area is 131 Å². The lowest BCUT2D eigenvalue weighted by molar-refractivity contribution is -0.143. The van der Waals surface area contributed by atoms with Crippen molar-refractivity contribution in [3.05, 3.63) is 12.7 Å². The molecule has 2 unspecified atom stereocenters. The van der Waals surface area contributed by atoms with Crippen LogP contribution in [0.2, 0.25) is 0 Å². The van der Waals surface area contributed by atoms with Crippen molar-refractivity contribution in [1.82, 2.24) is 9.80 Å². The zero-order valence-electron chi connectivity index (χ0n) is 13.3. The first kappa shape index (κ1) is 17.0. The van der Waals surface area contributed by atoms with Crippen LogP contribution in [0.25, 0.3) is 0 Å². The van der Waals surface area contributed by atoms with Crippen molar-refractivity contribution in [1.29, 1.82) is 0 Å². The molecule has 0 bridgehead atoms. The second kappa shape index (κ2) is 6.79. The molecule has 2 aliphatic heterocycles. The Morgan fingerprint density at radius 2 is 2.09 bits per heavy atom. The molecular formula is C16H27N3O3. The van der Waals surface area contributed by atoms with E-state index in [1.54, 1.807) is 11.0 Å². The largest absolute Gasteiger partial charge is 0.391 e. The molecule has 1 spiro atoms. The molecule has 3 N–H and O–H groups in total. The quantitative estimate of drug-likeness (QED) is 0.722. The van der Waals surface area contributed by atoms with Crippen LogP contribution in [0.4, 0.5) is 0 Å². The molecule has 2 atom stereocenters. The predicted octanol–water partition coefficient (Wildman–Crippen LogP) is 0.112. The van der Waals surface area contributed by atoms with Gasteiger partial charge in [0.2, 0.25) is 11.8 Å². The van der Waals surface area contributed by atoms with Crippen molar-refractivity contribution < 1.29 is 14.7 Å². The van der Waals surface area contributed by atoms with Crippen molar-refractivity contribution in [3.63, 3.8) is 0 Å². The third kappa shape index (κ3) is 3.50. The van der Waals surface area contributed by atoms with Gasteiger partial charge >= 0.3 is 0 Å². The zero-order chi connectivity index (χ0) is 16.3. The summed E-state index contributed by atoms with van der Waals surface area (Å²) in [6, 6.07) is -0.848. The van der Waals surface area contributed by atoms with E-state index in [4.69, 9.17) is 5.73 Å². The van der Waals surface area contributed by atoms with Crippen molar-refractivity contribution in [2.75, 3.05) is 26.2 Å². The van der Waals surface area contributed by atoms with Gasteiger partial charge in [-0.25, -0.2) is 0 Å². The minimum atomic E-state index is -0.848. The van der Waals surface area contributed by atoms with Crippen LogP contribution in [-0.2, 0) is 9.59 Å². The van der Waals surface area contributed by atoms with Gasteiger partial charge in [-0.1, -0.05) is 6.08 Å². The summed E-state index contributed by atoms with van der Waals surface area (Å²) in [6.07, 6.45) is 4.16. The van der Waals surface area contributed by atoms with Gasteiger partial charge in [-0.15, -0.1) is 6.58 Å². The number of rotatable bonds is 4. The third-order valence-electron chi connectivity index (χ3n) is 5.04. The van der Waals surface area contributed by atoms with Crippen molar-refractivity contribution >= 4 is 11.8 Å². The molecule has 0 aliphatic carbocycles. The predicted molar refractivity (Wildman–Crippen MR) is 83.9 cm³/mol. The summed E-state index contributed by atoms with van der Waals surface area (Å²) >= 11 is 0. The van der Waals surface area contributed by atoms with E-state index in [2.05, 4.69) is 6.58 Å². The number of likely N-dealkylation sites (tertiary alicyclic amines) is 2. The van der Waals surface area contributed by atoms with Crippen LogP contribution in [0.15, 0.2) is 12.7 Å². The minimum absolute atomic E-state index is 0.114. The van der Waals surface area contributed by atoms with Gasteiger partial charge in [0.1, 0.15) is 6.04 Å².